The van der Waals surface area contributed by atoms with Crippen molar-refractivity contribution in [3.05, 3.63) is 64.3 Å². The van der Waals surface area contributed by atoms with Crippen LogP contribution < -0.4 is 9.32 Å². The third-order valence-electron chi connectivity index (χ3n) is 7.42. The van der Waals surface area contributed by atoms with Gasteiger partial charge in [-0.2, -0.15) is 0 Å². The molecule has 1 fully saturated rings. The number of fused-ring (bicyclic) bond motifs is 1. The van der Waals surface area contributed by atoms with Crippen molar-refractivity contribution in [1.82, 2.24) is 9.88 Å². The van der Waals surface area contributed by atoms with Crippen LogP contribution in [0, 0.1) is 6.92 Å². The fourth-order valence-electron chi connectivity index (χ4n) is 5.39. The highest BCUT2D eigenvalue weighted by atomic mass is 35.5. The molecule has 0 spiro atoms. The molecule has 1 aromatic heterocycles. The van der Waals surface area contributed by atoms with Crippen molar-refractivity contribution in [3.8, 4) is 10.4 Å². The Morgan fingerprint density at radius 2 is 1.85 bits per heavy atom. The van der Waals surface area contributed by atoms with Gasteiger partial charge in [0.25, 0.3) is 5.91 Å². The van der Waals surface area contributed by atoms with Gasteiger partial charge < -0.3 is 9.80 Å². The Morgan fingerprint density at radius 1 is 1.12 bits per heavy atom. The summed E-state index contributed by atoms with van der Waals surface area (Å²) in [6.07, 6.45) is 1.74. The topological polar surface area (TPSA) is 39.7 Å². The predicted molar refractivity (Wildman–Crippen MR) is 138 cm³/mol. The van der Waals surface area contributed by atoms with Crippen molar-refractivity contribution in [1.29, 1.82) is 0 Å². The number of carbonyl (C=O) groups is 1. The number of aromatic nitrogens is 1. The van der Waals surface area contributed by atoms with Crippen LogP contribution in [0.15, 0.2) is 48.5 Å². The molecule has 2 unspecified atom stereocenters. The highest BCUT2D eigenvalue weighted by molar-refractivity contribution is 7.15. The van der Waals surface area contributed by atoms with Crippen molar-refractivity contribution < 1.29 is 4.79 Å². The second kappa shape index (κ2) is 7.90. The first-order chi connectivity index (χ1) is 15.7. The Bertz CT molecular complexity index is 1220. The SMILES string of the molecule is Cc1nc(C(=O)N2CCCC2(C)C2(C)N(C)c3ccccc3N2Cl)c(-c2cccc(Cl)c2)s1. The third kappa shape index (κ3) is 3.18. The maximum Gasteiger partial charge on any atom is 0.274 e. The Balaban J connectivity index is 1.57. The van der Waals surface area contributed by atoms with E-state index in [1.54, 1.807) is 4.42 Å². The van der Waals surface area contributed by atoms with Gasteiger partial charge in [-0.1, -0.05) is 35.9 Å². The zero-order chi connectivity index (χ0) is 23.5. The summed E-state index contributed by atoms with van der Waals surface area (Å²) in [6, 6.07) is 15.7. The Labute approximate surface area is 208 Å². The first-order valence-electron chi connectivity index (χ1n) is 11.0. The summed E-state index contributed by atoms with van der Waals surface area (Å²) in [5.41, 5.74) is 2.23. The van der Waals surface area contributed by atoms with E-state index in [4.69, 9.17) is 23.4 Å². The molecular formula is C25H26Cl2N4OS. The predicted octanol–water partition coefficient (Wildman–Crippen LogP) is 6.59. The van der Waals surface area contributed by atoms with Gasteiger partial charge in [-0.05, 0) is 63.4 Å². The lowest BCUT2D eigenvalue weighted by molar-refractivity contribution is 0.0462. The van der Waals surface area contributed by atoms with Crippen LogP contribution in [0.25, 0.3) is 10.4 Å². The molecule has 172 valence electrons. The van der Waals surface area contributed by atoms with Gasteiger partial charge in [0.1, 0.15) is 11.4 Å². The van der Waals surface area contributed by atoms with Crippen LogP contribution in [0.1, 0.15) is 42.2 Å². The molecule has 0 bridgehead atoms. The molecule has 2 aromatic carbocycles. The molecule has 2 atom stereocenters. The van der Waals surface area contributed by atoms with Gasteiger partial charge in [-0.15, -0.1) is 11.3 Å². The van der Waals surface area contributed by atoms with E-state index in [-0.39, 0.29) is 5.91 Å². The molecule has 0 radical (unpaired) electrons. The molecule has 1 saturated heterocycles. The van der Waals surface area contributed by atoms with Gasteiger partial charge in [0, 0.05) is 30.4 Å². The van der Waals surface area contributed by atoms with Crippen LogP contribution in [0.2, 0.25) is 5.02 Å². The van der Waals surface area contributed by atoms with E-state index in [0.29, 0.717) is 17.3 Å². The molecule has 5 nitrogen and oxygen atoms in total. The molecule has 3 heterocycles. The van der Waals surface area contributed by atoms with Gasteiger partial charge in [0.05, 0.1) is 26.8 Å². The zero-order valence-corrected chi connectivity index (χ0v) is 21.4. The number of para-hydroxylation sites is 2. The number of likely N-dealkylation sites (N-methyl/N-ethyl adjacent to an activating group) is 1. The number of nitrogens with zero attached hydrogens (tertiary/aromatic N) is 4. The number of amides is 1. The molecule has 2 aliphatic rings. The summed E-state index contributed by atoms with van der Waals surface area (Å²) in [5.74, 6) is -0.0648. The Morgan fingerprint density at radius 3 is 2.55 bits per heavy atom. The summed E-state index contributed by atoms with van der Waals surface area (Å²) < 4.78 is 1.80. The van der Waals surface area contributed by atoms with Gasteiger partial charge in [-0.3, -0.25) is 9.21 Å². The molecule has 1 amide bonds. The molecule has 2 aliphatic heterocycles. The number of rotatable bonds is 3. The normalized spacial score (nSPS) is 24.5. The average Bonchev–Trinajstić information content (AvgIpc) is 3.45. The second-order valence-electron chi connectivity index (χ2n) is 9.10. The van der Waals surface area contributed by atoms with E-state index in [1.807, 2.05) is 54.3 Å². The highest BCUT2D eigenvalue weighted by Crippen LogP contribution is 2.54. The monoisotopic (exact) mass is 500 g/mol. The summed E-state index contributed by atoms with van der Waals surface area (Å²) in [7, 11) is 2.05. The Hall–Kier alpha value is -2.28. The molecule has 3 aromatic rings. The number of hydrogen-bond donors (Lipinski definition) is 0. The lowest BCUT2D eigenvalue weighted by Crippen LogP contribution is -2.70. The lowest BCUT2D eigenvalue weighted by Gasteiger charge is -2.53. The van der Waals surface area contributed by atoms with Crippen molar-refractivity contribution in [2.45, 2.75) is 44.8 Å². The number of hydrogen-bond acceptors (Lipinski definition) is 5. The first kappa shape index (κ1) is 22.5. The minimum atomic E-state index is -0.633. The van der Waals surface area contributed by atoms with E-state index in [1.165, 1.54) is 11.3 Å². The fourth-order valence-corrected chi connectivity index (χ4v) is 6.93. The number of aryl methyl sites for hydroxylation is 1. The van der Waals surface area contributed by atoms with Gasteiger partial charge in [-0.25, -0.2) is 4.98 Å². The van der Waals surface area contributed by atoms with Crippen LogP contribution in [-0.4, -0.2) is 40.6 Å². The molecular weight excluding hydrogens is 475 g/mol. The van der Waals surface area contributed by atoms with Crippen LogP contribution in [0.5, 0.6) is 0 Å². The third-order valence-corrected chi connectivity index (χ3v) is 9.19. The summed E-state index contributed by atoms with van der Waals surface area (Å²) in [6.45, 7) is 6.86. The van der Waals surface area contributed by atoms with Crippen LogP contribution in [-0.2, 0) is 0 Å². The standard InChI is InChI=1S/C25H26Cl2N4OS/c1-16-28-21(22(33-16)17-9-7-10-18(26)15-17)23(32)30-14-8-13-24(30,2)25(3)29(4)19-11-5-6-12-20(19)31(25)27/h5-7,9-12,15H,8,13-14H2,1-4H3. The smallest absolute Gasteiger partial charge is 0.274 e. The first-order valence-corrected chi connectivity index (χ1v) is 12.6. The summed E-state index contributed by atoms with van der Waals surface area (Å²) in [5, 5.41) is 1.49. The second-order valence-corrected chi connectivity index (χ2v) is 11.1. The van der Waals surface area contributed by atoms with E-state index < -0.39 is 11.2 Å². The number of anilines is 2. The van der Waals surface area contributed by atoms with E-state index in [2.05, 4.69) is 36.8 Å². The molecule has 8 heteroatoms. The van der Waals surface area contributed by atoms with Crippen molar-refractivity contribution in [3.63, 3.8) is 0 Å². The molecule has 0 saturated carbocycles. The molecule has 5 rings (SSSR count). The fraction of sp³-hybridized carbons (Fsp3) is 0.360. The summed E-state index contributed by atoms with van der Waals surface area (Å²) in [4.78, 5) is 23.8. The quantitative estimate of drug-likeness (QED) is 0.380. The Kier molecular flexibility index (Phi) is 5.39. The average molecular weight is 501 g/mol. The van der Waals surface area contributed by atoms with Crippen molar-refractivity contribution >= 4 is 52.0 Å². The number of thiazole rings is 1. The molecule has 33 heavy (non-hydrogen) atoms. The van der Waals surface area contributed by atoms with Gasteiger partial charge in [0.2, 0.25) is 0 Å². The number of benzene rings is 2. The molecule has 0 N–H and O–H groups in total. The number of halogens is 2. The van der Waals surface area contributed by atoms with E-state index in [9.17, 15) is 4.79 Å². The van der Waals surface area contributed by atoms with Crippen LogP contribution in [0.3, 0.4) is 0 Å². The van der Waals surface area contributed by atoms with Crippen LogP contribution in [0.4, 0.5) is 11.4 Å². The maximum atomic E-state index is 14.1. The largest absolute Gasteiger partial charge is 0.347 e. The van der Waals surface area contributed by atoms with Crippen LogP contribution >= 0.6 is 34.7 Å². The number of likely N-dealkylation sites (tertiary alicyclic amines) is 1. The maximum absolute atomic E-state index is 14.1. The van der Waals surface area contributed by atoms with Gasteiger partial charge >= 0.3 is 0 Å². The number of carbonyl (C=O) groups excluding carboxylic acids is 1. The highest BCUT2D eigenvalue weighted by Gasteiger charge is 2.61. The summed E-state index contributed by atoms with van der Waals surface area (Å²) >= 11 is 14.8. The minimum Gasteiger partial charge on any atom is -0.347 e. The zero-order valence-electron chi connectivity index (χ0n) is 19.1. The van der Waals surface area contributed by atoms with E-state index >= 15 is 0 Å². The lowest BCUT2D eigenvalue weighted by atomic mass is 9.83. The van der Waals surface area contributed by atoms with Crippen molar-refractivity contribution in [2.24, 2.45) is 0 Å². The van der Waals surface area contributed by atoms with Gasteiger partial charge in [0.15, 0.2) is 0 Å². The molecule has 0 aliphatic carbocycles. The van der Waals surface area contributed by atoms with E-state index in [0.717, 1.165) is 39.7 Å². The van der Waals surface area contributed by atoms with Crippen molar-refractivity contribution in [2.75, 3.05) is 22.9 Å². The minimum absolute atomic E-state index is 0.0648.